The number of fused-ring (bicyclic) bond motifs is 1. The van der Waals surface area contributed by atoms with Crippen LogP contribution in [0.25, 0.3) is 16.7 Å². The molecule has 0 atom stereocenters. The highest BCUT2D eigenvalue weighted by molar-refractivity contribution is 7.80. The van der Waals surface area contributed by atoms with Crippen LogP contribution < -0.4 is 4.74 Å². The molecule has 5 nitrogen and oxygen atoms in total. The monoisotopic (exact) mass is 412 g/mol. The van der Waals surface area contributed by atoms with Crippen molar-refractivity contribution >= 4 is 29.6 Å². The molecule has 6 heteroatoms. The van der Waals surface area contributed by atoms with Gasteiger partial charge in [0, 0.05) is 29.5 Å². The highest BCUT2D eigenvalue weighted by Crippen LogP contribution is 2.31. The van der Waals surface area contributed by atoms with E-state index in [9.17, 15) is 4.79 Å². The molecule has 0 amide bonds. The Hall–Kier alpha value is -2.47. The zero-order chi connectivity index (χ0) is 20.8. The number of carboxylic acid groups (broad SMARTS) is 1. The van der Waals surface area contributed by atoms with Gasteiger partial charge in [0.2, 0.25) is 0 Å². The Morgan fingerprint density at radius 3 is 2.62 bits per heavy atom. The summed E-state index contributed by atoms with van der Waals surface area (Å²) in [5.74, 6) is 1.04. The average Bonchev–Trinajstić information content (AvgIpc) is 3.04. The first-order valence-electron chi connectivity index (χ1n) is 10.2. The molecule has 0 aliphatic rings. The SMILES string of the molecule is CCCc1nc2c(S)cc(OCCCCCC(=O)O)cc2n1-c1ccc(C)cc1. The van der Waals surface area contributed by atoms with E-state index in [4.69, 9.17) is 14.8 Å². The summed E-state index contributed by atoms with van der Waals surface area (Å²) in [6, 6.07) is 12.4. The van der Waals surface area contributed by atoms with Crippen molar-refractivity contribution in [2.24, 2.45) is 0 Å². The van der Waals surface area contributed by atoms with Gasteiger partial charge in [-0.3, -0.25) is 9.36 Å². The summed E-state index contributed by atoms with van der Waals surface area (Å²) < 4.78 is 8.14. The lowest BCUT2D eigenvalue weighted by Gasteiger charge is -2.11. The third kappa shape index (κ3) is 5.32. The number of aliphatic carboxylic acids is 1. The zero-order valence-electron chi connectivity index (χ0n) is 17.0. The minimum atomic E-state index is -0.747. The second kappa shape index (κ2) is 9.83. The van der Waals surface area contributed by atoms with Gasteiger partial charge in [-0.25, -0.2) is 4.98 Å². The van der Waals surface area contributed by atoms with E-state index in [0.717, 1.165) is 58.9 Å². The van der Waals surface area contributed by atoms with Gasteiger partial charge in [-0.1, -0.05) is 24.6 Å². The summed E-state index contributed by atoms with van der Waals surface area (Å²) in [6.07, 6.45) is 4.45. The van der Waals surface area contributed by atoms with Gasteiger partial charge in [0.05, 0.1) is 12.1 Å². The van der Waals surface area contributed by atoms with E-state index in [2.05, 4.69) is 55.3 Å². The van der Waals surface area contributed by atoms with Crippen molar-refractivity contribution in [2.75, 3.05) is 6.61 Å². The Bertz CT molecular complexity index is 980. The van der Waals surface area contributed by atoms with E-state index in [1.807, 2.05) is 12.1 Å². The van der Waals surface area contributed by atoms with Crippen molar-refractivity contribution in [3.05, 3.63) is 47.8 Å². The largest absolute Gasteiger partial charge is 0.493 e. The fraction of sp³-hybridized carbons (Fsp3) is 0.391. The van der Waals surface area contributed by atoms with Crippen LogP contribution in [0.15, 0.2) is 41.3 Å². The van der Waals surface area contributed by atoms with Gasteiger partial charge >= 0.3 is 5.97 Å². The van der Waals surface area contributed by atoms with E-state index in [1.54, 1.807) is 0 Å². The molecule has 0 fully saturated rings. The molecule has 29 heavy (non-hydrogen) atoms. The molecule has 0 aliphatic carbocycles. The van der Waals surface area contributed by atoms with Crippen LogP contribution in [0.1, 0.15) is 50.4 Å². The Morgan fingerprint density at radius 2 is 1.93 bits per heavy atom. The zero-order valence-corrected chi connectivity index (χ0v) is 17.9. The molecule has 0 spiro atoms. The number of ether oxygens (including phenoxy) is 1. The van der Waals surface area contributed by atoms with Gasteiger partial charge in [-0.15, -0.1) is 12.6 Å². The molecule has 0 aliphatic heterocycles. The molecule has 1 aromatic heterocycles. The van der Waals surface area contributed by atoms with Crippen molar-refractivity contribution in [3.63, 3.8) is 0 Å². The quantitative estimate of drug-likeness (QED) is 0.336. The Kier molecular flexibility index (Phi) is 7.20. The Labute approximate surface area is 177 Å². The normalized spacial score (nSPS) is 11.1. The van der Waals surface area contributed by atoms with Crippen molar-refractivity contribution < 1.29 is 14.6 Å². The lowest BCUT2D eigenvalue weighted by atomic mass is 10.2. The number of hydrogen-bond acceptors (Lipinski definition) is 4. The van der Waals surface area contributed by atoms with Crippen molar-refractivity contribution in [2.45, 2.75) is 57.3 Å². The molecule has 0 unspecified atom stereocenters. The average molecular weight is 413 g/mol. The van der Waals surface area contributed by atoms with Gasteiger partial charge < -0.3 is 9.84 Å². The molecule has 2 aromatic carbocycles. The smallest absolute Gasteiger partial charge is 0.303 e. The molecule has 154 valence electrons. The Morgan fingerprint density at radius 1 is 1.17 bits per heavy atom. The first kappa shape index (κ1) is 21.2. The van der Waals surface area contributed by atoms with Crippen LogP contribution in [-0.4, -0.2) is 27.2 Å². The Balaban J connectivity index is 1.85. The van der Waals surface area contributed by atoms with Gasteiger partial charge in [0.15, 0.2) is 0 Å². The molecule has 3 rings (SSSR count). The number of hydrogen-bond donors (Lipinski definition) is 2. The van der Waals surface area contributed by atoms with Crippen LogP contribution in [0, 0.1) is 6.92 Å². The number of benzene rings is 2. The van der Waals surface area contributed by atoms with E-state index in [-0.39, 0.29) is 6.42 Å². The van der Waals surface area contributed by atoms with Gasteiger partial charge in [-0.05, 0) is 50.8 Å². The molecule has 0 saturated heterocycles. The number of rotatable bonds is 10. The predicted octanol–water partition coefficient (Wildman–Crippen LogP) is 5.60. The van der Waals surface area contributed by atoms with Crippen LogP contribution in [0.3, 0.4) is 0 Å². The predicted molar refractivity (Wildman–Crippen MR) is 119 cm³/mol. The number of thiol groups is 1. The fourth-order valence-corrected chi connectivity index (χ4v) is 3.68. The number of aromatic nitrogens is 2. The summed E-state index contributed by atoms with van der Waals surface area (Å²) in [7, 11) is 0. The van der Waals surface area contributed by atoms with Crippen molar-refractivity contribution in [1.29, 1.82) is 0 Å². The lowest BCUT2D eigenvalue weighted by Crippen LogP contribution is -2.02. The minimum absolute atomic E-state index is 0.211. The first-order valence-corrected chi connectivity index (χ1v) is 10.6. The highest BCUT2D eigenvalue weighted by atomic mass is 32.1. The molecule has 3 aromatic rings. The molecule has 0 bridgehead atoms. The number of imidazole rings is 1. The highest BCUT2D eigenvalue weighted by Gasteiger charge is 2.15. The van der Waals surface area contributed by atoms with Gasteiger partial charge in [0.1, 0.15) is 17.1 Å². The van der Waals surface area contributed by atoms with Gasteiger partial charge in [-0.2, -0.15) is 0 Å². The summed E-state index contributed by atoms with van der Waals surface area (Å²) in [4.78, 5) is 16.2. The van der Waals surface area contributed by atoms with E-state index in [0.29, 0.717) is 13.0 Å². The van der Waals surface area contributed by atoms with Gasteiger partial charge in [0.25, 0.3) is 0 Å². The standard InChI is InChI=1S/C23H28N2O3S/c1-3-7-21-24-23-19(25(21)17-11-9-16(2)10-12-17)14-18(15-20(23)29)28-13-6-4-5-8-22(26)27/h9-12,14-15,29H,3-8,13H2,1-2H3,(H,26,27). The summed E-state index contributed by atoms with van der Waals surface area (Å²) in [6.45, 7) is 4.79. The topological polar surface area (TPSA) is 64.3 Å². The third-order valence-electron chi connectivity index (χ3n) is 4.85. The van der Waals surface area contributed by atoms with E-state index >= 15 is 0 Å². The van der Waals surface area contributed by atoms with Crippen LogP contribution in [0.2, 0.25) is 0 Å². The lowest BCUT2D eigenvalue weighted by molar-refractivity contribution is -0.137. The first-order chi connectivity index (χ1) is 14.0. The molecular weight excluding hydrogens is 384 g/mol. The summed E-state index contributed by atoms with van der Waals surface area (Å²) in [5.41, 5.74) is 4.17. The fourth-order valence-electron chi connectivity index (χ4n) is 3.38. The minimum Gasteiger partial charge on any atom is -0.493 e. The second-order valence-electron chi connectivity index (χ2n) is 7.31. The third-order valence-corrected chi connectivity index (χ3v) is 5.19. The van der Waals surface area contributed by atoms with Crippen LogP contribution in [0.4, 0.5) is 0 Å². The van der Waals surface area contributed by atoms with Crippen LogP contribution in [0.5, 0.6) is 5.75 Å². The van der Waals surface area contributed by atoms with Crippen LogP contribution >= 0.6 is 12.6 Å². The van der Waals surface area contributed by atoms with Crippen molar-refractivity contribution in [1.82, 2.24) is 9.55 Å². The van der Waals surface area contributed by atoms with Crippen LogP contribution in [-0.2, 0) is 11.2 Å². The maximum absolute atomic E-state index is 10.6. The van der Waals surface area contributed by atoms with E-state index in [1.165, 1.54) is 5.56 Å². The van der Waals surface area contributed by atoms with Crippen molar-refractivity contribution in [3.8, 4) is 11.4 Å². The maximum atomic E-state index is 10.6. The number of unbranched alkanes of at least 4 members (excludes halogenated alkanes) is 2. The second-order valence-corrected chi connectivity index (χ2v) is 7.79. The number of carbonyl (C=O) groups is 1. The van der Waals surface area contributed by atoms with E-state index < -0.39 is 5.97 Å². The molecule has 1 heterocycles. The number of carboxylic acids is 1. The summed E-state index contributed by atoms with van der Waals surface area (Å²) in [5, 5.41) is 8.71. The number of nitrogens with zero attached hydrogens (tertiary/aromatic N) is 2. The summed E-state index contributed by atoms with van der Waals surface area (Å²) >= 11 is 4.66. The maximum Gasteiger partial charge on any atom is 0.303 e. The molecule has 0 radical (unpaired) electrons. The molecule has 0 saturated carbocycles. The molecule has 1 N–H and O–H groups in total. The molecular formula is C23H28N2O3S. The number of aryl methyl sites for hydroxylation is 2.